The highest BCUT2D eigenvalue weighted by Crippen LogP contribution is 2.50. The number of aliphatic hydroxyl groups is 1. The minimum atomic E-state index is -5.99. The van der Waals surface area contributed by atoms with Gasteiger partial charge in [0.05, 0.1) is 15.8 Å². The third-order valence-electron chi connectivity index (χ3n) is 5.43. The summed E-state index contributed by atoms with van der Waals surface area (Å²) in [7, 11) is -3.89. The van der Waals surface area contributed by atoms with Gasteiger partial charge in [-0.3, -0.25) is 0 Å². The van der Waals surface area contributed by atoms with Gasteiger partial charge < -0.3 is 10.8 Å². The molecule has 0 saturated heterocycles. The Balaban J connectivity index is 1.79. The first-order valence-electron chi connectivity index (χ1n) is 8.84. The van der Waals surface area contributed by atoms with Crippen molar-refractivity contribution in [2.75, 3.05) is 5.73 Å². The first-order valence-corrected chi connectivity index (χ1v) is 10.4. The SMILES string of the molecule is Nc1cc(F)ccc1S(=O)(=O)C1CC(c2ccc(C(O)(C(F)(F)F)C(F)(F)F)cc2)C1. The van der Waals surface area contributed by atoms with E-state index in [-0.39, 0.29) is 23.4 Å². The molecule has 2 aromatic carbocycles. The highest BCUT2D eigenvalue weighted by molar-refractivity contribution is 7.92. The molecule has 12 heteroatoms. The van der Waals surface area contributed by atoms with E-state index in [0.29, 0.717) is 17.7 Å². The van der Waals surface area contributed by atoms with Crippen LogP contribution >= 0.6 is 0 Å². The van der Waals surface area contributed by atoms with Crippen molar-refractivity contribution in [2.24, 2.45) is 0 Å². The summed E-state index contributed by atoms with van der Waals surface area (Å²) in [5, 5.41) is 8.53. The summed E-state index contributed by atoms with van der Waals surface area (Å²) in [5.41, 5.74) is -0.773. The number of sulfone groups is 1. The Morgan fingerprint density at radius 2 is 1.42 bits per heavy atom. The van der Waals surface area contributed by atoms with E-state index >= 15 is 0 Å². The van der Waals surface area contributed by atoms with E-state index in [1.807, 2.05) is 0 Å². The third kappa shape index (κ3) is 3.86. The average molecular weight is 471 g/mol. The second kappa shape index (κ2) is 7.37. The standard InChI is InChI=1S/C19H16F7NO3S/c20-13-5-6-16(15(27)9-13)31(29,30)14-7-11(8-14)10-1-3-12(4-2-10)17(28,18(21,22)23)19(24,25)26/h1-6,9,11,14,28H,7-8,27H2. The first-order chi connectivity index (χ1) is 14.1. The largest absolute Gasteiger partial charge is 0.430 e. The molecular weight excluding hydrogens is 455 g/mol. The molecule has 0 heterocycles. The van der Waals surface area contributed by atoms with Crippen LogP contribution in [0.1, 0.15) is 29.9 Å². The van der Waals surface area contributed by atoms with Crippen LogP contribution in [-0.4, -0.2) is 31.1 Å². The number of hydrogen-bond donors (Lipinski definition) is 2. The van der Waals surface area contributed by atoms with E-state index in [2.05, 4.69) is 0 Å². The quantitative estimate of drug-likeness (QED) is 0.393. The van der Waals surface area contributed by atoms with Crippen molar-refractivity contribution in [3.63, 3.8) is 0 Å². The summed E-state index contributed by atoms with van der Waals surface area (Å²) in [6, 6.07) is 5.89. The number of nitrogen functional groups attached to an aromatic ring is 1. The second-order valence-electron chi connectivity index (χ2n) is 7.35. The van der Waals surface area contributed by atoms with Gasteiger partial charge in [-0.25, -0.2) is 12.8 Å². The van der Waals surface area contributed by atoms with Gasteiger partial charge in [-0.15, -0.1) is 0 Å². The van der Waals surface area contributed by atoms with Gasteiger partial charge in [0.2, 0.25) is 0 Å². The van der Waals surface area contributed by atoms with Gasteiger partial charge in [0.25, 0.3) is 5.60 Å². The number of hydrogen-bond acceptors (Lipinski definition) is 4. The van der Waals surface area contributed by atoms with Gasteiger partial charge >= 0.3 is 12.4 Å². The Hall–Kier alpha value is -2.34. The molecule has 3 N–H and O–H groups in total. The molecule has 2 aromatic rings. The lowest BCUT2D eigenvalue weighted by Crippen LogP contribution is -2.53. The summed E-state index contributed by atoms with van der Waals surface area (Å²) in [5.74, 6) is -1.14. The Morgan fingerprint density at radius 1 is 0.903 bits per heavy atom. The number of benzene rings is 2. The van der Waals surface area contributed by atoms with E-state index in [4.69, 9.17) is 5.73 Å². The topological polar surface area (TPSA) is 80.4 Å². The summed E-state index contributed by atoms with van der Waals surface area (Å²) in [4.78, 5) is -0.242. The minimum absolute atomic E-state index is 0.0569. The highest BCUT2D eigenvalue weighted by atomic mass is 32.2. The maximum Gasteiger partial charge on any atom is 0.430 e. The van der Waals surface area contributed by atoms with Gasteiger partial charge in [0.15, 0.2) is 9.84 Å². The highest BCUT2D eigenvalue weighted by Gasteiger charge is 2.71. The molecule has 4 nitrogen and oxygen atoms in total. The molecule has 3 rings (SSSR count). The van der Waals surface area contributed by atoms with E-state index < -0.39 is 50.3 Å². The van der Waals surface area contributed by atoms with Crippen molar-refractivity contribution in [3.8, 4) is 0 Å². The molecule has 0 aliphatic heterocycles. The van der Waals surface area contributed by atoms with Crippen molar-refractivity contribution >= 4 is 15.5 Å². The molecule has 0 atom stereocenters. The van der Waals surface area contributed by atoms with Crippen LogP contribution < -0.4 is 5.73 Å². The van der Waals surface area contributed by atoms with Gasteiger partial charge in [-0.05, 0) is 42.5 Å². The van der Waals surface area contributed by atoms with Crippen molar-refractivity contribution in [1.82, 2.24) is 0 Å². The molecule has 0 bridgehead atoms. The van der Waals surface area contributed by atoms with Crippen LogP contribution in [0.15, 0.2) is 47.4 Å². The maximum atomic E-state index is 13.1. The predicted octanol–water partition coefficient (Wildman–Crippen LogP) is 4.44. The maximum absolute atomic E-state index is 13.1. The van der Waals surface area contributed by atoms with Crippen LogP contribution in [0.4, 0.5) is 36.4 Å². The first kappa shape index (κ1) is 23.3. The zero-order valence-electron chi connectivity index (χ0n) is 15.5. The molecule has 1 aliphatic carbocycles. The van der Waals surface area contributed by atoms with E-state index in [1.54, 1.807) is 0 Å². The number of anilines is 1. The fourth-order valence-electron chi connectivity index (χ4n) is 3.53. The molecule has 0 aromatic heterocycles. The lowest BCUT2D eigenvalue weighted by atomic mass is 9.78. The second-order valence-corrected chi connectivity index (χ2v) is 9.54. The Kier molecular flexibility index (Phi) is 5.54. The van der Waals surface area contributed by atoms with Gasteiger partial charge in [0, 0.05) is 5.56 Å². The number of halogens is 7. The van der Waals surface area contributed by atoms with Gasteiger partial charge in [-0.2, -0.15) is 26.3 Å². The fourth-order valence-corrected chi connectivity index (χ4v) is 5.51. The van der Waals surface area contributed by atoms with Crippen LogP contribution in [0, 0.1) is 5.82 Å². The van der Waals surface area contributed by atoms with Crippen molar-refractivity contribution < 1.29 is 44.3 Å². The van der Waals surface area contributed by atoms with Crippen LogP contribution in [-0.2, 0) is 15.4 Å². The fraction of sp³-hybridized carbons (Fsp3) is 0.368. The lowest BCUT2D eigenvalue weighted by Gasteiger charge is -2.36. The molecule has 0 unspecified atom stereocenters. The molecular formula is C19H16F7NO3S. The molecule has 1 saturated carbocycles. The van der Waals surface area contributed by atoms with Gasteiger partial charge in [-0.1, -0.05) is 24.3 Å². The Bertz CT molecular complexity index is 1060. The summed E-state index contributed by atoms with van der Waals surface area (Å²) in [6.07, 6.45) is -11.9. The molecule has 170 valence electrons. The minimum Gasteiger partial charge on any atom is -0.398 e. The average Bonchev–Trinajstić information content (AvgIpc) is 2.57. The molecule has 0 spiro atoms. The normalized spacial score (nSPS) is 20.4. The van der Waals surface area contributed by atoms with Crippen LogP contribution in [0.2, 0.25) is 0 Å². The number of alkyl halides is 6. The molecule has 1 aliphatic rings. The van der Waals surface area contributed by atoms with Crippen molar-refractivity contribution in [2.45, 2.75) is 46.9 Å². The number of rotatable bonds is 4. The monoisotopic (exact) mass is 471 g/mol. The molecule has 1 fully saturated rings. The van der Waals surface area contributed by atoms with E-state index in [0.717, 1.165) is 30.3 Å². The van der Waals surface area contributed by atoms with Crippen molar-refractivity contribution in [3.05, 3.63) is 59.4 Å². The molecule has 0 radical (unpaired) electrons. The summed E-state index contributed by atoms with van der Waals surface area (Å²) in [6.45, 7) is 0. The lowest BCUT2D eigenvalue weighted by molar-refractivity contribution is -0.376. The van der Waals surface area contributed by atoms with Crippen LogP contribution in [0.25, 0.3) is 0 Å². The third-order valence-corrected chi connectivity index (χ3v) is 7.68. The molecule has 0 amide bonds. The zero-order valence-corrected chi connectivity index (χ0v) is 16.3. The summed E-state index contributed by atoms with van der Waals surface area (Å²) >= 11 is 0. The van der Waals surface area contributed by atoms with Gasteiger partial charge in [0.1, 0.15) is 5.82 Å². The van der Waals surface area contributed by atoms with Crippen LogP contribution in [0.5, 0.6) is 0 Å². The van der Waals surface area contributed by atoms with Crippen molar-refractivity contribution in [1.29, 1.82) is 0 Å². The van der Waals surface area contributed by atoms with E-state index in [1.165, 1.54) is 0 Å². The smallest absolute Gasteiger partial charge is 0.398 e. The Labute approximate surface area is 172 Å². The van der Waals surface area contributed by atoms with Crippen LogP contribution in [0.3, 0.4) is 0 Å². The number of nitrogens with two attached hydrogens (primary N) is 1. The zero-order chi connectivity index (χ0) is 23.4. The summed E-state index contributed by atoms with van der Waals surface area (Å²) < 4.78 is 116. The Morgan fingerprint density at radius 3 is 1.87 bits per heavy atom. The van der Waals surface area contributed by atoms with E-state index in [9.17, 15) is 44.3 Å². The molecule has 31 heavy (non-hydrogen) atoms. The predicted molar refractivity (Wildman–Crippen MR) is 96.2 cm³/mol.